The monoisotopic (exact) mass is 241 g/mol. The second-order valence-electron chi connectivity index (χ2n) is 3.46. The molecule has 15 heavy (non-hydrogen) atoms. The summed E-state index contributed by atoms with van der Waals surface area (Å²) in [7, 11) is 0. The lowest BCUT2D eigenvalue weighted by molar-refractivity contribution is 0.582. The summed E-state index contributed by atoms with van der Waals surface area (Å²) in [6.07, 6.45) is 0. The van der Waals surface area contributed by atoms with Gasteiger partial charge in [-0.15, -0.1) is 10.2 Å². The molecular weight excluding hydrogens is 230 g/mol. The molecule has 1 unspecified atom stereocenters. The molecule has 0 aromatic carbocycles. The van der Waals surface area contributed by atoms with Crippen LogP contribution in [0.5, 0.6) is 0 Å². The van der Waals surface area contributed by atoms with Crippen molar-refractivity contribution in [3.05, 3.63) is 10.8 Å². The van der Waals surface area contributed by atoms with E-state index in [9.17, 15) is 0 Å². The van der Waals surface area contributed by atoms with Crippen molar-refractivity contribution in [1.82, 2.24) is 25.1 Å². The Morgan fingerprint density at radius 2 is 2.40 bits per heavy atom. The molecule has 2 aromatic heterocycles. The van der Waals surface area contributed by atoms with Crippen molar-refractivity contribution in [3.63, 3.8) is 0 Å². The lowest BCUT2D eigenvalue weighted by Gasteiger charge is -2.20. The molecule has 0 amide bonds. The minimum atomic E-state index is 0.384. The van der Waals surface area contributed by atoms with Gasteiger partial charge in [0.15, 0.2) is 5.82 Å². The highest BCUT2D eigenvalue weighted by Gasteiger charge is 2.20. The summed E-state index contributed by atoms with van der Waals surface area (Å²) in [5.41, 5.74) is 0. The molecule has 3 rings (SSSR count). The van der Waals surface area contributed by atoms with Crippen LogP contribution in [0.2, 0.25) is 0 Å². The summed E-state index contributed by atoms with van der Waals surface area (Å²) in [6.45, 7) is 2.99. The fraction of sp³-hybridized carbons (Fsp3) is 0.625. The van der Waals surface area contributed by atoms with Gasteiger partial charge in [0.05, 0.1) is 6.04 Å². The van der Waals surface area contributed by atoms with Gasteiger partial charge >= 0.3 is 0 Å². The van der Waals surface area contributed by atoms with Crippen LogP contribution in [0.15, 0.2) is 0 Å². The van der Waals surface area contributed by atoms with Crippen LogP contribution in [0, 0.1) is 6.92 Å². The summed E-state index contributed by atoms with van der Waals surface area (Å²) in [5.74, 6) is 3.15. The Morgan fingerprint density at radius 1 is 1.47 bits per heavy atom. The van der Waals surface area contributed by atoms with Gasteiger partial charge in [0, 0.05) is 18.1 Å². The van der Waals surface area contributed by atoms with Crippen molar-refractivity contribution < 1.29 is 0 Å². The second kappa shape index (κ2) is 3.73. The number of hydrogen-bond donors (Lipinski definition) is 1. The number of nitrogens with zero attached hydrogens (tertiary/aromatic N) is 4. The van der Waals surface area contributed by atoms with Crippen LogP contribution in [-0.2, 0) is 0 Å². The van der Waals surface area contributed by atoms with Gasteiger partial charge in [-0.05, 0) is 6.92 Å². The minimum Gasteiger partial charge on any atom is -0.306 e. The van der Waals surface area contributed by atoms with Crippen LogP contribution in [0.3, 0.4) is 0 Å². The summed E-state index contributed by atoms with van der Waals surface area (Å²) in [6, 6.07) is 0.384. The Balaban J connectivity index is 1.96. The van der Waals surface area contributed by atoms with Gasteiger partial charge in [-0.2, -0.15) is 21.4 Å². The van der Waals surface area contributed by atoms with Crippen molar-refractivity contribution >= 4 is 28.1 Å². The molecule has 0 saturated carbocycles. The molecule has 0 bridgehead atoms. The van der Waals surface area contributed by atoms with Gasteiger partial charge in [0.2, 0.25) is 4.96 Å². The third kappa shape index (κ3) is 1.64. The van der Waals surface area contributed by atoms with Crippen molar-refractivity contribution in [2.24, 2.45) is 0 Å². The Kier molecular flexibility index (Phi) is 2.38. The fourth-order valence-corrected chi connectivity index (χ4v) is 3.60. The van der Waals surface area contributed by atoms with E-state index in [4.69, 9.17) is 0 Å². The Bertz CT molecular complexity index is 470. The molecule has 3 heterocycles. The molecular formula is C8H11N5S2. The molecule has 2 aromatic rings. The molecule has 0 radical (unpaired) electrons. The van der Waals surface area contributed by atoms with Crippen molar-refractivity contribution in [2.45, 2.75) is 13.0 Å². The molecule has 1 fully saturated rings. The highest BCUT2D eigenvalue weighted by atomic mass is 32.2. The average Bonchev–Trinajstić information content (AvgIpc) is 2.83. The third-order valence-electron chi connectivity index (χ3n) is 2.38. The fourth-order valence-electron chi connectivity index (χ4n) is 1.59. The smallest absolute Gasteiger partial charge is 0.234 e. The highest BCUT2D eigenvalue weighted by molar-refractivity contribution is 7.99. The van der Waals surface area contributed by atoms with Crippen LogP contribution in [-0.4, -0.2) is 37.9 Å². The van der Waals surface area contributed by atoms with Gasteiger partial charge in [-0.1, -0.05) is 11.3 Å². The number of thioether (sulfide) groups is 1. The zero-order chi connectivity index (χ0) is 10.3. The summed E-state index contributed by atoms with van der Waals surface area (Å²) in [4.78, 5) is 0.889. The Labute approximate surface area is 95.3 Å². The maximum absolute atomic E-state index is 4.53. The van der Waals surface area contributed by atoms with E-state index in [-0.39, 0.29) is 0 Å². The van der Waals surface area contributed by atoms with Crippen molar-refractivity contribution in [1.29, 1.82) is 0 Å². The predicted octanol–water partition coefficient (Wildman–Crippen LogP) is 0.872. The number of aryl methyl sites for hydroxylation is 1. The van der Waals surface area contributed by atoms with E-state index in [0.29, 0.717) is 6.04 Å². The van der Waals surface area contributed by atoms with Gasteiger partial charge < -0.3 is 5.32 Å². The first-order valence-electron chi connectivity index (χ1n) is 4.84. The summed E-state index contributed by atoms with van der Waals surface area (Å²) >= 11 is 3.60. The second-order valence-corrected chi connectivity index (χ2v) is 5.60. The molecule has 1 aliphatic heterocycles. The van der Waals surface area contributed by atoms with E-state index in [1.165, 1.54) is 5.75 Å². The number of aromatic nitrogens is 4. The molecule has 0 spiro atoms. The van der Waals surface area contributed by atoms with Gasteiger partial charge in [-0.25, -0.2) is 0 Å². The molecule has 1 atom stereocenters. The third-order valence-corrected chi connectivity index (χ3v) is 4.46. The molecule has 80 valence electrons. The molecule has 0 aliphatic carbocycles. The van der Waals surface area contributed by atoms with E-state index in [2.05, 4.69) is 20.6 Å². The minimum absolute atomic E-state index is 0.384. The van der Waals surface area contributed by atoms with E-state index < -0.39 is 0 Å². The standard InChI is InChI=1S/C8H11N5S2/c1-5-10-11-8-13(5)12-7(15-8)6-4-14-3-2-9-6/h6,9H,2-4H2,1H3. The van der Waals surface area contributed by atoms with Crippen LogP contribution < -0.4 is 5.32 Å². The lowest BCUT2D eigenvalue weighted by atomic mass is 10.3. The first kappa shape index (κ1) is 9.56. The molecule has 7 heteroatoms. The quantitative estimate of drug-likeness (QED) is 0.803. The maximum Gasteiger partial charge on any atom is 0.234 e. The first-order chi connectivity index (χ1) is 7.34. The average molecular weight is 241 g/mol. The summed E-state index contributed by atoms with van der Waals surface area (Å²) in [5, 5.41) is 17.2. The predicted molar refractivity (Wildman–Crippen MR) is 61.5 cm³/mol. The van der Waals surface area contributed by atoms with E-state index in [0.717, 1.165) is 28.1 Å². The van der Waals surface area contributed by atoms with Crippen LogP contribution in [0.4, 0.5) is 0 Å². The number of hydrogen-bond acceptors (Lipinski definition) is 6. The van der Waals surface area contributed by atoms with Crippen molar-refractivity contribution in [3.8, 4) is 0 Å². The van der Waals surface area contributed by atoms with E-state index in [1.807, 2.05) is 23.2 Å². The van der Waals surface area contributed by atoms with Gasteiger partial charge in [0.1, 0.15) is 5.01 Å². The van der Waals surface area contributed by atoms with Crippen molar-refractivity contribution in [2.75, 3.05) is 18.1 Å². The van der Waals surface area contributed by atoms with Crippen LogP contribution in [0.1, 0.15) is 16.9 Å². The Hall–Kier alpha value is -0.660. The first-order valence-corrected chi connectivity index (χ1v) is 6.81. The molecule has 1 aliphatic rings. The van der Waals surface area contributed by atoms with Gasteiger partial charge in [-0.3, -0.25) is 0 Å². The zero-order valence-electron chi connectivity index (χ0n) is 8.30. The normalized spacial score (nSPS) is 22.3. The zero-order valence-corrected chi connectivity index (χ0v) is 9.94. The molecule has 5 nitrogen and oxygen atoms in total. The SMILES string of the molecule is Cc1nnc2sc(C3CSCCN3)nn12. The molecule has 1 N–H and O–H groups in total. The largest absolute Gasteiger partial charge is 0.306 e. The van der Waals surface area contributed by atoms with Gasteiger partial charge in [0.25, 0.3) is 0 Å². The van der Waals surface area contributed by atoms with E-state index >= 15 is 0 Å². The number of nitrogens with one attached hydrogen (secondary N) is 1. The van der Waals surface area contributed by atoms with E-state index in [1.54, 1.807) is 11.3 Å². The van der Waals surface area contributed by atoms with Crippen LogP contribution >= 0.6 is 23.1 Å². The number of rotatable bonds is 1. The summed E-state index contributed by atoms with van der Waals surface area (Å²) < 4.78 is 1.82. The topological polar surface area (TPSA) is 55.1 Å². The highest BCUT2D eigenvalue weighted by Crippen LogP contribution is 2.25. The lowest BCUT2D eigenvalue weighted by Crippen LogP contribution is -2.30. The van der Waals surface area contributed by atoms with Crippen LogP contribution in [0.25, 0.3) is 4.96 Å². The maximum atomic E-state index is 4.53. The number of fused-ring (bicyclic) bond motifs is 1. The molecule has 1 saturated heterocycles. The Morgan fingerprint density at radius 3 is 3.13 bits per heavy atom.